The van der Waals surface area contributed by atoms with E-state index in [1.807, 2.05) is 0 Å². The molecule has 0 saturated carbocycles. The molecule has 0 aliphatic heterocycles. The van der Waals surface area contributed by atoms with Crippen molar-refractivity contribution in [3.05, 3.63) is 58.1 Å². The van der Waals surface area contributed by atoms with Crippen LogP contribution in [0.1, 0.15) is 12.7 Å². The van der Waals surface area contributed by atoms with Gasteiger partial charge in [0.2, 0.25) is 0 Å². The first-order chi connectivity index (χ1) is 12.9. The van der Waals surface area contributed by atoms with E-state index in [2.05, 4.69) is 20.8 Å². The Kier molecular flexibility index (Phi) is 5.57. The number of ether oxygens (including phenoxy) is 1. The van der Waals surface area contributed by atoms with E-state index in [4.69, 9.17) is 27.9 Å². The zero-order chi connectivity index (χ0) is 19.6. The largest absolute Gasteiger partial charge is 0.479 e. The third kappa shape index (κ3) is 4.17. The fraction of sp³-hybridized carbons (Fsp3) is 0.176. The number of aryl methyl sites for hydroxylation is 1. The van der Waals surface area contributed by atoms with E-state index in [1.54, 1.807) is 32.0 Å². The van der Waals surface area contributed by atoms with Gasteiger partial charge >= 0.3 is 0 Å². The van der Waals surface area contributed by atoms with Crippen molar-refractivity contribution >= 4 is 34.8 Å². The molecule has 1 heterocycles. The van der Waals surface area contributed by atoms with Gasteiger partial charge in [-0.15, -0.1) is 5.10 Å². The summed E-state index contributed by atoms with van der Waals surface area (Å²) in [6.45, 7) is 3.19. The van der Waals surface area contributed by atoms with Crippen molar-refractivity contribution in [3.8, 4) is 11.4 Å². The van der Waals surface area contributed by atoms with Crippen LogP contribution in [0.4, 0.5) is 10.1 Å². The van der Waals surface area contributed by atoms with Crippen molar-refractivity contribution in [1.82, 2.24) is 20.2 Å². The Bertz CT molecular complexity index is 995. The third-order valence-electron chi connectivity index (χ3n) is 3.66. The van der Waals surface area contributed by atoms with Gasteiger partial charge in [-0.2, -0.15) is 4.68 Å². The number of carbonyl (C=O) groups excluding carboxylic acids is 1. The van der Waals surface area contributed by atoms with E-state index < -0.39 is 17.8 Å². The van der Waals surface area contributed by atoms with Crippen LogP contribution in [0, 0.1) is 12.7 Å². The van der Waals surface area contributed by atoms with Crippen molar-refractivity contribution in [2.45, 2.75) is 20.0 Å². The van der Waals surface area contributed by atoms with Gasteiger partial charge in [-0.05, 0) is 54.6 Å². The number of hydrogen-bond acceptors (Lipinski definition) is 5. The van der Waals surface area contributed by atoms with Crippen molar-refractivity contribution in [2.24, 2.45) is 0 Å². The fourth-order valence-electron chi connectivity index (χ4n) is 2.27. The predicted molar refractivity (Wildman–Crippen MR) is 99.0 cm³/mol. The number of halogens is 3. The van der Waals surface area contributed by atoms with Gasteiger partial charge in [-0.3, -0.25) is 4.79 Å². The number of amides is 1. The van der Waals surface area contributed by atoms with E-state index in [1.165, 1.54) is 22.9 Å². The minimum Gasteiger partial charge on any atom is -0.479 e. The van der Waals surface area contributed by atoms with E-state index >= 15 is 0 Å². The maximum absolute atomic E-state index is 14.1. The Labute approximate surface area is 164 Å². The zero-order valence-electron chi connectivity index (χ0n) is 14.3. The number of anilines is 1. The lowest BCUT2D eigenvalue weighted by molar-refractivity contribution is -0.122. The second-order valence-electron chi connectivity index (χ2n) is 5.61. The van der Waals surface area contributed by atoms with Crippen molar-refractivity contribution in [3.63, 3.8) is 0 Å². The van der Waals surface area contributed by atoms with E-state index in [0.29, 0.717) is 16.5 Å². The van der Waals surface area contributed by atoms with Crippen molar-refractivity contribution < 1.29 is 13.9 Å². The second-order valence-corrected chi connectivity index (χ2v) is 6.39. The van der Waals surface area contributed by atoms with Gasteiger partial charge in [0.05, 0.1) is 5.02 Å². The molecule has 0 radical (unpaired) electrons. The number of aromatic nitrogens is 4. The summed E-state index contributed by atoms with van der Waals surface area (Å²) >= 11 is 12.0. The topological polar surface area (TPSA) is 81.9 Å². The minimum atomic E-state index is -0.871. The predicted octanol–water partition coefficient (Wildman–Crippen LogP) is 3.82. The molecule has 27 heavy (non-hydrogen) atoms. The van der Waals surface area contributed by atoms with Gasteiger partial charge in [0.15, 0.2) is 11.9 Å². The third-order valence-corrected chi connectivity index (χ3v) is 4.46. The van der Waals surface area contributed by atoms with Crippen molar-refractivity contribution in [2.75, 3.05) is 5.32 Å². The second kappa shape index (κ2) is 7.89. The summed E-state index contributed by atoms with van der Waals surface area (Å²) in [5.41, 5.74) is 0.473. The molecule has 3 aromatic rings. The highest BCUT2D eigenvalue weighted by atomic mass is 35.5. The number of tetrazole rings is 1. The molecule has 1 N–H and O–H groups in total. The molecule has 0 spiro atoms. The Morgan fingerprint density at radius 1 is 1.30 bits per heavy atom. The maximum atomic E-state index is 14.1. The van der Waals surface area contributed by atoms with Crippen LogP contribution < -0.4 is 10.1 Å². The van der Waals surface area contributed by atoms with Crippen LogP contribution in [0.3, 0.4) is 0 Å². The lowest BCUT2D eigenvalue weighted by atomic mass is 10.2. The number of rotatable bonds is 5. The van der Waals surface area contributed by atoms with Crippen molar-refractivity contribution in [1.29, 1.82) is 0 Å². The highest BCUT2D eigenvalue weighted by Gasteiger charge is 2.18. The smallest absolute Gasteiger partial charge is 0.265 e. The molecule has 2 aromatic carbocycles. The Balaban J connectivity index is 1.76. The van der Waals surface area contributed by atoms with E-state index in [9.17, 15) is 9.18 Å². The lowest BCUT2D eigenvalue weighted by Crippen LogP contribution is -2.30. The molecule has 1 atom stereocenters. The van der Waals surface area contributed by atoms with Gasteiger partial charge in [0, 0.05) is 5.69 Å². The molecule has 1 unspecified atom stereocenters. The molecule has 0 aliphatic carbocycles. The first kappa shape index (κ1) is 19.1. The molecule has 10 heteroatoms. The van der Waals surface area contributed by atoms with Gasteiger partial charge < -0.3 is 10.1 Å². The molecule has 3 rings (SSSR count). The Morgan fingerprint density at radius 2 is 2.07 bits per heavy atom. The summed E-state index contributed by atoms with van der Waals surface area (Å²) in [6.07, 6.45) is -0.871. The zero-order valence-corrected chi connectivity index (χ0v) is 15.8. The lowest BCUT2D eigenvalue weighted by Gasteiger charge is -2.16. The molecule has 0 fully saturated rings. The first-order valence-electron chi connectivity index (χ1n) is 7.83. The Morgan fingerprint density at radius 3 is 2.78 bits per heavy atom. The average molecular weight is 410 g/mol. The monoisotopic (exact) mass is 409 g/mol. The summed E-state index contributed by atoms with van der Waals surface area (Å²) in [7, 11) is 0. The van der Waals surface area contributed by atoms with Crippen LogP contribution >= 0.6 is 23.2 Å². The standard InChI is InChI=1S/C17H14Cl2FN5O2/c1-9(27-15-5-3-4-12(18)16(15)19)17(26)21-11-6-7-13(20)14(8-11)25-10(2)22-23-24-25/h3-9H,1-2H3,(H,21,26). The highest BCUT2D eigenvalue weighted by molar-refractivity contribution is 6.42. The highest BCUT2D eigenvalue weighted by Crippen LogP contribution is 2.32. The molecule has 1 amide bonds. The number of nitrogens with zero attached hydrogens (tertiary/aromatic N) is 4. The molecule has 0 bridgehead atoms. The SMILES string of the molecule is Cc1nnnn1-c1cc(NC(=O)C(C)Oc2cccc(Cl)c2Cl)ccc1F. The summed E-state index contributed by atoms with van der Waals surface area (Å²) in [6, 6.07) is 8.95. The average Bonchev–Trinajstić information content (AvgIpc) is 3.06. The summed E-state index contributed by atoms with van der Waals surface area (Å²) in [5, 5.41) is 14.1. The molecular formula is C17H14Cl2FN5O2. The number of carbonyl (C=O) groups is 1. The molecule has 7 nitrogen and oxygen atoms in total. The van der Waals surface area contributed by atoms with E-state index in [0.717, 1.165) is 0 Å². The van der Waals surface area contributed by atoms with Crippen LogP contribution in [0.25, 0.3) is 5.69 Å². The van der Waals surface area contributed by atoms with E-state index in [-0.39, 0.29) is 16.5 Å². The molecule has 140 valence electrons. The number of hydrogen-bond donors (Lipinski definition) is 1. The number of benzene rings is 2. The van der Waals surface area contributed by atoms with Crippen LogP contribution in [0.2, 0.25) is 10.0 Å². The molecule has 1 aromatic heterocycles. The summed E-state index contributed by atoms with van der Waals surface area (Å²) < 4.78 is 20.9. The molecule has 0 aliphatic rings. The van der Waals surface area contributed by atoms with Crippen LogP contribution in [0.15, 0.2) is 36.4 Å². The Hall–Kier alpha value is -2.71. The molecular weight excluding hydrogens is 396 g/mol. The van der Waals surface area contributed by atoms with Crippen LogP contribution in [-0.2, 0) is 4.79 Å². The summed E-state index contributed by atoms with van der Waals surface area (Å²) in [5.74, 6) is -0.281. The van der Waals surface area contributed by atoms with Crippen LogP contribution in [0.5, 0.6) is 5.75 Å². The van der Waals surface area contributed by atoms with Gasteiger partial charge in [-0.25, -0.2) is 4.39 Å². The normalized spacial score (nSPS) is 11.9. The quantitative estimate of drug-likeness (QED) is 0.692. The summed E-state index contributed by atoms with van der Waals surface area (Å²) in [4.78, 5) is 12.4. The minimum absolute atomic E-state index is 0.113. The molecule has 0 saturated heterocycles. The first-order valence-corrected chi connectivity index (χ1v) is 8.59. The van der Waals surface area contributed by atoms with Gasteiger partial charge in [0.25, 0.3) is 5.91 Å². The van der Waals surface area contributed by atoms with Gasteiger partial charge in [-0.1, -0.05) is 29.3 Å². The van der Waals surface area contributed by atoms with Gasteiger partial charge in [0.1, 0.15) is 22.3 Å². The number of nitrogens with one attached hydrogen (secondary N) is 1. The fourth-order valence-corrected chi connectivity index (χ4v) is 2.61. The maximum Gasteiger partial charge on any atom is 0.265 e. The van der Waals surface area contributed by atoms with Crippen LogP contribution in [-0.4, -0.2) is 32.2 Å².